The van der Waals surface area contributed by atoms with Crippen LogP contribution in [0.25, 0.3) is 10.9 Å². The molecule has 0 radical (unpaired) electrons. The summed E-state index contributed by atoms with van der Waals surface area (Å²) in [4.78, 5) is 26.4. The molecule has 0 aliphatic carbocycles. The SMILES string of the molecule is O=C(N/N=C/c1ccc([N+](=O)[O-])cc1)c1ccc2ccccc2n1. The zero-order valence-corrected chi connectivity index (χ0v) is 12.4. The van der Waals surface area contributed by atoms with Crippen molar-refractivity contribution in [2.75, 3.05) is 0 Å². The van der Waals surface area contributed by atoms with Crippen LogP contribution >= 0.6 is 0 Å². The average molecular weight is 320 g/mol. The van der Waals surface area contributed by atoms with Gasteiger partial charge in [0.1, 0.15) is 5.69 Å². The lowest BCUT2D eigenvalue weighted by Gasteiger charge is -2.01. The molecule has 2 aromatic carbocycles. The van der Waals surface area contributed by atoms with Crippen LogP contribution in [0, 0.1) is 10.1 Å². The van der Waals surface area contributed by atoms with Crippen molar-refractivity contribution in [3.63, 3.8) is 0 Å². The summed E-state index contributed by atoms with van der Waals surface area (Å²) in [5.74, 6) is -0.432. The lowest BCUT2D eigenvalue weighted by atomic mass is 10.2. The van der Waals surface area contributed by atoms with Crippen molar-refractivity contribution in [1.29, 1.82) is 0 Å². The van der Waals surface area contributed by atoms with Crippen molar-refractivity contribution < 1.29 is 9.72 Å². The van der Waals surface area contributed by atoms with Crippen LogP contribution in [0.1, 0.15) is 16.1 Å². The van der Waals surface area contributed by atoms with Crippen molar-refractivity contribution >= 4 is 28.7 Å². The van der Waals surface area contributed by atoms with Gasteiger partial charge in [0.2, 0.25) is 0 Å². The van der Waals surface area contributed by atoms with Gasteiger partial charge in [-0.25, -0.2) is 10.4 Å². The van der Waals surface area contributed by atoms with Crippen molar-refractivity contribution in [3.8, 4) is 0 Å². The zero-order chi connectivity index (χ0) is 16.9. The van der Waals surface area contributed by atoms with Gasteiger partial charge in [-0.1, -0.05) is 24.3 Å². The number of carbonyl (C=O) groups excluding carboxylic acids is 1. The molecule has 1 amide bonds. The number of nitrogens with zero attached hydrogens (tertiary/aromatic N) is 3. The molecular weight excluding hydrogens is 308 g/mol. The van der Waals surface area contributed by atoms with Gasteiger partial charge in [0.15, 0.2) is 0 Å². The third-order valence-corrected chi connectivity index (χ3v) is 3.31. The van der Waals surface area contributed by atoms with Crippen molar-refractivity contribution in [2.24, 2.45) is 5.10 Å². The van der Waals surface area contributed by atoms with Gasteiger partial charge >= 0.3 is 0 Å². The van der Waals surface area contributed by atoms with Crippen molar-refractivity contribution in [2.45, 2.75) is 0 Å². The summed E-state index contributed by atoms with van der Waals surface area (Å²) in [6, 6.07) is 16.8. The van der Waals surface area contributed by atoms with Gasteiger partial charge in [0.25, 0.3) is 11.6 Å². The quantitative estimate of drug-likeness (QED) is 0.454. The summed E-state index contributed by atoms with van der Waals surface area (Å²) in [6.45, 7) is 0. The van der Waals surface area contributed by atoms with Gasteiger partial charge in [0, 0.05) is 17.5 Å². The number of hydrogen-bond donors (Lipinski definition) is 1. The molecule has 0 unspecified atom stereocenters. The first-order valence-electron chi connectivity index (χ1n) is 7.07. The topological polar surface area (TPSA) is 97.5 Å². The number of fused-ring (bicyclic) bond motifs is 1. The standard InChI is InChI=1S/C17H12N4O3/c22-17(16-10-7-13-3-1-2-4-15(13)19-16)20-18-11-12-5-8-14(9-6-12)21(23)24/h1-11H,(H,20,22)/b18-11+. The fourth-order valence-electron chi connectivity index (χ4n) is 2.10. The molecule has 24 heavy (non-hydrogen) atoms. The predicted octanol–water partition coefficient (Wildman–Crippen LogP) is 2.91. The highest BCUT2D eigenvalue weighted by Gasteiger charge is 2.07. The third-order valence-electron chi connectivity index (χ3n) is 3.31. The van der Waals surface area contributed by atoms with Crippen LogP contribution in [-0.2, 0) is 0 Å². The van der Waals surface area contributed by atoms with Crippen molar-refractivity contribution in [3.05, 3.63) is 82.0 Å². The highest BCUT2D eigenvalue weighted by molar-refractivity contribution is 5.95. The van der Waals surface area contributed by atoms with E-state index in [9.17, 15) is 14.9 Å². The first-order chi connectivity index (χ1) is 11.6. The number of para-hydroxylation sites is 1. The molecule has 1 aromatic heterocycles. The number of hydrazone groups is 1. The van der Waals surface area contributed by atoms with Crippen LogP contribution in [0.15, 0.2) is 65.8 Å². The van der Waals surface area contributed by atoms with E-state index in [1.807, 2.05) is 30.3 Å². The van der Waals surface area contributed by atoms with E-state index in [1.165, 1.54) is 18.3 Å². The minimum atomic E-state index is -0.478. The normalized spacial score (nSPS) is 10.8. The monoisotopic (exact) mass is 320 g/mol. The average Bonchev–Trinajstić information content (AvgIpc) is 2.61. The lowest BCUT2D eigenvalue weighted by molar-refractivity contribution is -0.384. The van der Waals surface area contributed by atoms with Crippen LogP contribution in [0.2, 0.25) is 0 Å². The number of non-ortho nitro benzene ring substituents is 1. The second kappa shape index (κ2) is 6.66. The summed E-state index contributed by atoms with van der Waals surface area (Å²) in [6.07, 6.45) is 1.41. The Morgan fingerprint density at radius 1 is 1.08 bits per heavy atom. The van der Waals surface area contributed by atoms with E-state index in [4.69, 9.17) is 0 Å². The number of aromatic nitrogens is 1. The van der Waals surface area contributed by atoms with E-state index in [-0.39, 0.29) is 11.4 Å². The molecule has 118 valence electrons. The molecule has 0 aliphatic rings. The highest BCUT2D eigenvalue weighted by atomic mass is 16.6. The molecule has 3 aromatic rings. The van der Waals surface area contributed by atoms with E-state index >= 15 is 0 Å². The van der Waals surface area contributed by atoms with E-state index in [1.54, 1.807) is 18.2 Å². The molecule has 7 heteroatoms. The molecule has 0 bridgehead atoms. The smallest absolute Gasteiger partial charge is 0.266 e. The maximum atomic E-state index is 12.0. The number of amides is 1. The molecule has 1 heterocycles. The predicted molar refractivity (Wildman–Crippen MR) is 89.9 cm³/mol. The Morgan fingerprint density at radius 2 is 1.83 bits per heavy atom. The first-order valence-corrected chi connectivity index (χ1v) is 7.07. The molecule has 3 rings (SSSR count). The molecular formula is C17H12N4O3. The number of nitro groups is 1. The Hall–Kier alpha value is -3.61. The molecule has 0 atom stereocenters. The van der Waals surface area contributed by atoms with Gasteiger partial charge in [-0.2, -0.15) is 5.10 Å². The number of hydrogen-bond acceptors (Lipinski definition) is 5. The molecule has 7 nitrogen and oxygen atoms in total. The Bertz CT molecular complexity index is 936. The Labute approximate surface area is 136 Å². The van der Waals surface area contributed by atoms with E-state index in [0.717, 1.165) is 10.9 Å². The maximum absolute atomic E-state index is 12.0. The largest absolute Gasteiger partial charge is 0.289 e. The molecule has 0 aliphatic heterocycles. The number of nitrogens with one attached hydrogen (secondary N) is 1. The van der Waals surface area contributed by atoms with Gasteiger partial charge in [-0.3, -0.25) is 14.9 Å². The fraction of sp³-hybridized carbons (Fsp3) is 0. The summed E-state index contributed by atoms with van der Waals surface area (Å²) in [5, 5.41) is 15.4. The van der Waals surface area contributed by atoms with E-state index in [2.05, 4.69) is 15.5 Å². The second-order valence-electron chi connectivity index (χ2n) is 4.94. The molecule has 0 saturated heterocycles. The summed E-state index contributed by atoms with van der Waals surface area (Å²) < 4.78 is 0. The van der Waals surface area contributed by atoms with Gasteiger partial charge in [-0.15, -0.1) is 0 Å². The summed E-state index contributed by atoms with van der Waals surface area (Å²) >= 11 is 0. The Kier molecular flexibility index (Phi) is 4.24. The fourth-order valence-corrected chi connectivity index (χ4v) is 2.10. The summed E-state index contributed by atoms with van der Waals surface area (Å²) in [5.41, 5.74) is 4.00. The van der Waals surface area contributed by atoms with E-state index < -0.39 is 10.8 Å². The maximum Gasteiger partial charge on any atom is 0.289 e. The number of carbonyl (C=O) groups is 1. The number of nitro benzene ring substituents is 1. The molecule has 1 N–H and O–H groups in total. The Balaban J connectivity index is 1.68. The van der Waals surface area contributed by atoms with Gasteiger partial charge in [0.05, 0.1) is 16.7 Å². The van der Waals surface area contributed by atoms with Crippen LogP contribution in [0.4, 0.5) is 5.69 Å². The highest BCUT2D eigenvalue weighted by Crippen LogP contribution is 2.12. The first kappa shape index (κ1) is 15.3. The van der Waals surface area contributed by atoms with Gasteiger partial charge in [-0.05, 0) is 29.8 Å². The lowest BCUT2D eigenvalue weighted by Crippen LogP contribution is -2.18. The Morgan fingerprint density at radius 3 is 2.58 bits per heavy atom. The van der Waals surface area contributed by atoms with Crippen LogP contribution in [-0.4, -0.2) is 22.0 Å². The third kappa shape index (κ3) is 3.41. The minimum absolute atomic E-state index is 0.00320. The number of pyridine rings is 1. The van der Waals surface area contributed by atoms with Crippen LogP contribution in [0.5, 0.6) is 0 Å². The number of benzene rings is 2. The summed E-state index contributed by atoms with van der Waals surface area (Å²) in [7, 11) is 0. The molecule has 0 fully saturated rings. The second-order valence-corrected chi connectivity index (χ2v) is 4.94. The van der Waals surface area contributed by atoms with E-state index in [0.29, 0.717) is 5.56 Å². The number of rotatable bonds is 4. The van der Waals surface area contributed by atoms with Gasteiger partial charge < -0.3 is 0 Å². The van der Waals surface area contributed by atoms with Crippen LogP contribution in [0.3, 0.4) is 0 Å². The van der Waals surface area contributed by atoms with Crippen LogP contribution < -0.4 is 5.43 Å². The zero-order valence-electron chi connectivity index (χ0n) is 12.4. The minimum Gasteiger partial charge on any atom is -0.266 e. The van der Waals surface area contributed by atoms with Crippen molar-refractivity contribution in [1.82, 2.24) is 10.4 Å². The molecule has 0 saturated carbocycles. The molecule has 0 spiro atoms.